The number of nitrogens with one attached hydrogen (secondary N) is 1. The van der Waals surface area contributed by atoms with E-state index in [1.807, 2.05) is 0 Å². The summed E-state index contributed by atoms with van der Waals surface area (Å²) >= 11 is 0. The molecule has 0 aromatic heterocycles. The quantitative estimate of drug-likeness (QED) is 0.220. The predicted molar refractivity (Wildman–Crippen MR) is 39.7 cm³/mol. The van der Waals surface area contributed by atoms with Crippen LogP contribution in [0.15, 0.2) is 0 Å². The fourth-order valence-corrected chi connectivity index (χ4v) is 1.19. The van der Waals surface area contributed by atoms with Crippen LogP contribution in [0.4, 0.5) is 0 Å². The van der Waals surface area contributed by atoms with Crippen LogP contribution in [0.25, 0.3) is 0 Å². The normalized spacial score (nSPS) is 49.2. The summed E-state index contributed by atoms with van der Waals surface area (Å²) in [7, 11) is 0. The second-order valence-electron chi connectivity index (χ2n) is 2.90. The molecular formula is C6H14N2O4. The first-order chi connectivity index (χ1) is 5.57. The van der Waals surface area contributed by atoms with Crippen LogP contribution >= 0.6 is 0 Å². The van der Waals surface area contributed by atoms with E-state index >= 15 is 0 Å². The average Bonchev–Trinajstić information content (AvgIpc) is 2.08. The highest BCUT2D eigenvalue weighted by atomic mass is 16.5. The minimum absolute atomic E-state index is 0.551. The highest BCUT2D eigenvalue weighted by Gasteiger charge is 2.41. The lowest BCUT2D eigenvalue weighted by Crippen LogP contribution is -2.62. The Bertz CT molecular complexity index is 152. The van der Waals surface area contributed by atoms with Gasteiger partial charge in [-0.3, -0.25) is 5.84 Å². The molecule has 1 rings (SSSR count). The van der Waals surface area contributed by atoms with E-state index in [0.29, 0.717) is 0 Å². The van der Waals surface area contributed by atoms with Crippen LogP contribution in [0.2, 0.25) is 0 Å². The number of nitrogens with two attached hydrogens (primary N) is 1. The first-order valence-electron chi connectivity index (χ1n) is 3.73. The van der Waals surface area contributed by atoms with Gasteiger partial charge in [-0.2, -0.15) is 0 Å². The van der Waals surface area contributed by atoms with Crippen molar-refractivity contribution in [3.05, 3.63) is 0 Å². The zero-order chi connectivity index (χ0) is 9.30. The fraction of sp³-hybridized carbons (Fsp3) is 1.00. The molecule has 6 N–H and O–H groups in total. The molecule has 0 aromatic carbocycles. The SMILES string of the molecule is C[C@H]1OC(NN)[C@H](O)[C@@H](O)[C@H]1O. The van der Waals surface area contributed by atoms with Crippen molar-refractivity contribution < 1.29 is 20.1 Å². The number of hydrazine groups is 1. The zero-order valence-corrected chi connectivity index (χ0v) is 6.71. The molecule has 1 saturated heterocycles. The molecular weight excluding hydrogens is 164 g/mol. The first-order valence-corrected chi connectivity index (χ1v) is 3.73. The van der Waals surface area contributed by atoms with Gasteiger partial charge in [-0.25, -0.2) is 5.43 Å². The van der Waals surface area contributed by atoms with Crippen LogP contribution < -0.4 is 11.3 Å². The van der Waals surface area contributed by atoms with E-state index in [1.54, 1.807) is 6.92 Å². The molecule has 0 aromatic rings. The Morgan fingerprint density at radius 2 is 1.75 bits per heavy atom. The smallest absolute Gasteiger partial charge is 0.149 e. The molecule has 0 spiro atoms. The highest BCUT2D eigenvalue weighted by Crippen LogP contribution is 2.18. The Hall–Kier alpha value is -0.240. The molecule has 6 nitrogen and oxygen atoms in total. The van der Waals surface area contributed by atoms with Gasteiger partial charge >= 0.3 is 0 Å². The van der Waals surface area contributed by atoms with Crippen molar-refractivity contribution in [2.45, 2.75) is 37.6 Å². The second-order valence-corrected chi connectivity index (χ2v) is 2.90. The summed E-state index contributed by atoms with van der Waals surface area (Å²) in [5, 5.41) is 27.7. The van der Waals surface area contributed by atoms with E-state index in [9.17, 15) is 15.3 Å². The number of rotatable bonds is 1. The molecule has 1 unspecified atom stereocenters. The molecule has 0 bridgehead atoms. The monoisotopic (exact) mass is 178 g/mol. The van der Waals surface area contributed by atoms with Crippen LogP contribution in [0, 0.1) is 0 Å². The first kappa shape index (κ1) is 9.85. The Balaban J connectivity index is 2.63. The lowest BCUT2D eigenvalue weighted by atomic mass is 9.99. The third-order valence-corrected chi connectivity index (χ3v) is 2.02. The number of aliphatic hydroxyl groups is 3. The third-order valence-electron chi connectivity index (χ3n) is 2.02. The Morgan fingerprint density at radius 3 is 2.25 bits per heavy atom. The van der Waals surface area contributed by atoms with Gasteiger partial charge in [0.2, 0.25) is 0 Å². The second kappa shape index (κ2) is 3.65. The third kappa shape index (κ3) is 1.58. The van der Waals surface area contributed by atoms with Gasteiger partial charge in [0.15, 0.2) is 0 Å². The molecule has 0 radical (unpaired) electrons. The molecule has 0 saturated carbocycles. The summed E-state index contributed by atoms with van der Waals surface area (Å²) < 4.78 is 5.03. The van der Waals surface area contributed by atoms with Gasteiger partial charge in [-0.05, 0) is 6.92 Å². The molecule has 1 heterocycles. The van der Waals surface area contributed by atoms with E-state index in [0.717, 1.165) is 0 Å². The van der Waals surface area contributed by atoms with Crippen LogP contribution in [0.5, 0.6) is 0 Å². The molecule has 6 heteroatoms. The van der Waals surface area contributed by atoms with Crippen molar-refractivity contribution >= 4 is 0 Å². The maximum atomic E-state index is 9.25. The summed E-state index contributed by atoms with van der Waals surface area (Å²) in [5.74, 6) is 5.04. The van der Waals surface area contributed by atoms with Crippen molar-refractivity contribution in [1.82, 2.24) is 5.43 Å². The maximum Gasteiger partial charge on any atom is 0.149 e. The van der Waals surface area contributed by atoms with Gasteiger partial charge in [-0.15, -0.1) is 0 Å². The topological polar surface area (TPSA) is 108 Å². The van der Waals surface area contributed by atoms with Crippen molar-refractivity contribution in [2.24, 2.45) is 5.84 Å². The molecule has 1 aliphatic rings. The minimum atomic E-state index is -1.23. The molecule has 0 aliphatic carbocycles. The Labute approximate surface area is 69.9 Å². The van der Waals surface area contributed by atoms with Crippen molar-refractivity contribution in [2.75, 3.05) is 0 Å². The molecule has 1 aliphatic heterocycles. The van der Waals surface area contributed by atoms with E-state index in [-0.39, 0.29) is 0 Å². The molecule has 12 heavy (non-hydrogen) atoms. The Morgan fingerprint density at radius 1 is 1.17 bits per heavy atom. The number of hydrogen-bond donors (Lipinski definition) is 5. The van der Waals surface area contributed by atoms with Gasteiger partial charge in [0.1, 0.15) is 24.5 Å². The lowest BCUT2D eigenvalue weighted by molar-refractivity contribution is -0.224. The Kier molecular flexibility index (Phi) is 2.99. The van der Waals surface area contributed by atoms with Crippen molar-refractivity contribution in [3.63, 3.8) is 0 Å². The van der Waals surface area contributed by atoms with Crippen LogP contribution in [0.1, 0.15) is 6.92 Å². The molecule has 0 amide bonds. The largest absolute Gasteiger partial charge is 0.388 e. The summed E-state index contributed by atoms with van der Waals surface area (Å²) in [6.07, 6.45) is -4.90. The predicted octanol–water partition coefficient (Wildman–Crippen LogP) is -2.72. The maximum absolute atomic E-state index is 9.25. The van der Waals surface area contributed by atoms with E-state index < -0.39 is 30.6 Å². The standard InChI is InChI=1S/C6H14N2O4/c1-2-3(9)4(10)5(11)6(8-7)12-2/h2-6,8-11H,7H2,1H3/t2-,3+,4+,5-,6?/m1/s1. The highest BCUT2D eigenvalue weighted by molar-refractivity contribution is 4.88. The van der Waals surface area contributed by atoms with Gasteiger partial charge in [0.05, 0.1) is 6.10 Å². The summed E-state index contributed by atoms with van der Waals surface area (Å²) in [5.41, 5.74) is 2.19. The molecule has 1 fully saturated rings. The molecule has 72 valence electrons. The van der Waals surface area contributed by atoms with E-state index in [2.05, 4.69) is 5.43 Å². The van der Waals surface area contributed by atoms with E-state index in [1.165, 1.54) is 0 Å². The van der Waals surface area contributed by atoms with Gasteiger partial charge in [-0.1, -0.05) is 0 Å². The average molecular weight is 178 g/mol. The van der Waals surface area contributed by atoms with Crippen molar-refractivity contribution in [3.8, 4) is 0 Å². The lowest BCUT2D eigenvalue weighted by Gasteiger charge is -2.38. The van der Waals surface area contributed by atoms with Crippen LogP contribution in [-0.4, -0.2) is 46.0 Å². The fourth-order valence-electron chi connectivity index (χ4n) is 1.19. The van der Waals surface area contributed by atoms with Crippen LogP contribution in [0.3, 0.4) is 0 Å². The van der Waals surface area contributed by atoms with Crippen LogP contribution in [-0.2, 0) is 4.74 Å². The number of hydrogen-bond acceptors (Lipinski definition) is 6. The number of aliphatic hydroxyl groups excluding tert-OH is 3. The summed E-state index contributed by atoms with van der Waals surface area (Å²) in [6.45, 7) is 1.59. The number of ether oxygens (including phenoxy) is 1. The van der Waals surface area contributed by atoms with Gasteiger partial charge in [0.25, 0.3) is 0 Å². The van der Waals surface area contributed by atoms with Crippen molar-refractivity contribution in [1.29, 1.82) is 0 Å². The summed E-state index contributed by atoms with van der Waals surface area (Å²) in [6, 6.07) is 0. The van der Waals surface area contributed by atoms with Gasteiger partial charge in [0, 0.05) is 0 Å². The molecule has 5 atom stereocenters. The zero-order valence-electron chi connectivity index (χ0n) is 6.71. The summed E-state index contributed by atoms with van der Waals surface area (Å²) in [4.78, 5) is 0. The minimum Gasteiger partial charge on any atom is -0.388 e. The van der Waals surface area contributed by atoms with E-state index in [4.69, 9.17) is 10.6 Å². The van der Waals surface area contributed by atoms with Gasteiger partial charge < -0.3 is 20.1 Å².